The van der Waals surface area contributed by atoms with E-state index in [0.29, 0.717) is 39.8 Å². The number of rotatable bonds is 7. The monoisotopic (exact) mass is 485 g/mol. The quantitative estimate of drug-likeness (QED) is 0.304. The van der Waals surface area contributed by atoms with Crippen molar-refractivity contribution < 1.29 is 18.1 Å². The van der Waals surface area contributed by atoms with Crippen LogP contribution in [0.25, 0.3) is 16.2 Å². The van der Waals surface area contributed by atoms with Crippen molar-refractivity contribution >= 4 is 37.9 Å². The maximum atomic E-state index is 12.7. The molecule has 0 unspecified atom stereocenters. The highest BCUT2D eigenvalue weighted by Gasteiger charge is 2.18. The van der Waals surface area contributed by atoms with Crippen molar-refractivity contribution in [2.24, 2.45) is 5.14 Å². The first-order chi connectivity index (χ1) is 15.6. The molecule has 0 aliphatic heterocycles. The molecule has 0 spiro atoms. The number of hydrogen-bond donors (Lipinski definition) is 2. The number of nitrogens with one attached hydrogen (secondary N) is 1. The lowest BCUT2D eigenvalue weighted by atomic mass is 10.1. The van der Waals surface area contributed by atoms with E-state index in [-0.39, 0.29) is 16.5 Å². The number of benzene rings is 2. The van der Waals surface area contributed by atoms with Crippen molar-refractivity contribution in [1.82, 2.24) is 14.7 Å². The second-order valence-electron chi connectivity index (χ2n) is 7.30. The Bertz CT molecular complexity index is 1470. The molecule has 4 aromatic rings. The van der Waals surface area contributed by atoms with Crippen LogP contribution in [0.4, 0.5) is 5.69 Å². The van der Waals surface area contributed by atoms with Crippen LogP contribution in [0, 0.1) is 17.0 Å². The average Bonchev–Trinajstić information content (AvgIpc) is 3.33. The van der Waals surface area contributed by atoms with Crippen molar-refractivity contribution in [3.8, 4) is 11.3 Å². The molecule has 0 atom stereocenters. The van der Waals surface area contributed by atoms with Gasteiger partial charge in [-0.2, -0.15) is 0 Å². The number of imidazole rings is 1. The number of sulfonamides is 1. The van der Waals surface area contributed by atoms with Gasteiger partial charge in [-0.3, -0.25) is 19.3 Å². The molecule has 0 bridgehead atoms. The van der Waals surface area contributed by atoms with Gasteiger partial charge in [0.1, 0.15) is 4.88 Å². The molecular formula is C21H19N5O5S2. The number of nitro benzene ring substituents is 1. The lowest BCUT2D eigenvalue weighted by Crippen LogP contribution is -2.25. The molecule has 0 saturated carbocycles. The number of nitro groups is 1. The summed E-state index contributed by atoms with van der Waals surface area (Å²) >= 11 is 1.23. The van der Waals surface area contributed by atoms with E-state index in [1.54, 1.807) is 34.9 Å². The summed E-state index contributed by atoms with van der Waals surface area (Å²) < 4.78 is 24.4. The van der Waals surface area contributed by atoms with Crippen LogP contribution in [0.15, 0.2) is 59.6 Å². The number of primary sulfonamides is 1. The molecule has 3 N–H and O–H groups in total. The number of amides is 1. The van der Waals surface area contributed by atoms with Gasteiger partial charge in [0, 0.05) is 36.1 Å². The molecule has 33 heavy (non-hydrogen) atoms. The third-order valence-corrected chi connectivity index (χ3v) is 7.15. The van der Waals surface area contributed by atoms with Gasteiger partial charge in [-0.05, 0) is 31.0 Å². The van der Waals surface area contributed by atoms with E-state index in [9.17, 15) is 23.3 Å². The average molecular weight is 486 g/mol. The fourth-order valence-electron chi connectivity index (χ4n) is 3.33. The Morgan fingerprint density at radius 1 is 1.24 bits per heavy atom. The van der Waals surface area contributed by atoms with Crippen LogP contribution in [0.1, 0.15) is 20.9 Å². The Hall–Kier alpha value is -3.61. The van der Waals surface area contributed by atoms with Crippen LogP contribution in [0.3, 0.4) is 0 Å². The normalized spacial score (nSPS) is 11.6. The fourth-order valence-corrected chi connectivity index (χ4v) is 4.87. The number of carbonyl (C=O) groups excluding carboxylic acids is 1. The SMILES string of the molecule is Cc1c(C(=O)NCCc2ccc(S(N)(=O)=O)cc2)sc2nc(-c3cccc([N+](=O)[O-])c3)cn12. The molecule has 170 valence electrons. The third kappa shape index (κ3) is 4.77. The third-order valence-electron chi connectivity index (χ3n) is 5.07. The van der Waals surface area contributed by atoms with Gasteiger partial charge < -0.3 is 5.32 Å². The summed E-state index contributed by atoms with van der Waals surface area (Å²) in [5.41, 5.74) is 2.78. The highest BCUT2D eigenvalue weighted by molar-refractivity contribution is 7.89. The predicted molar refractivity (Wildman–Crippen MR) is 124 cm³/mol. The maximum Gasteiger partial charge on any atom is 0.270 e. The Morgan fingerprint density at radius 2 is 1.97 bits per heavy atom. The van der Waals surface area contributed by atoms with Crippen LogP contribution in [-0.4, -0.2) is 35.2 Å². The van der Waals surface area contributed by atoms with Gasteiger partial charge in [0.05, 0.1) is 15.5 Å². The number of carbonyl (C=O) groups is 1. The summed E-state index contributed by atoms with van der Waals surface area (Å²) in [4.78, 5) is 28.9. The van der Waals surface area contributed by atoms with E-state index >= 15 is 0 Å². The first kappa shape index (κ1) is 22.6. The van der Waals surface area contributed by atoms with Crippen molar-refractivity contribution in [3.05, 3.63) is 81.0 Å². The molecular weight excluding hydrogens is 466 g/mol. The number of thiazole rings is 1. The Labute approximate surface area is 192 Å². The van der Waals surface area contributed by atoms with Crippen LogP contribution >= 0.6 is 11.3 Å². The van der Waals surface area contributed by atoms with Gasteiger partial charge in [-0.15, -0.1) is 0 Å². The number of nitrogens with zero attached hydrogens (tertiary/aromatic N) is 3. The maximum absolute atomic E-state index is 12.7. The lowest BCUT2D eigenvalue weighted by molar-refractivity contribution is -0.384. The number of fused-ring (bicyclic) bond motifs is 1. The van der Waals surface area contributed by atoms with E-state index in [2.05, 4.69) is 10.3 Å². The molecule has 1 amide bonds. The minimum Gasteiger partial charge on any atom is -0.351 e. The summed E-state index contributed by atoms with van der Waals surface area (Å²) in [6.45, 7) is 2.18. The molecule has 2 aromatic heterocycles. The van der Waals surface area contributed by atoms with E-state index in [1.807, 2.05) is 6.92 Å². The van der Waals surface area contributed by atoms with Crippen LogP contribution in [-0.2, 0) is 16.4 Å². The molecule has 10 nitrogen and oxygen atoms in total. The molecule has 4 rings (SSSR count). The van der Waals surface area contributed by atoms with Gasteiger partial charge in [-0.25, -0.2) is 18.5 Å². The minimum atomic E-state index is -3.74. The standard InChI is InChI=1S/C21H19N5O5S2/c1-13-19(20(27)23-10-9-14-5-7-17(8-6-14)33(22,30)31)32-21-24-18(12-25(13)21)15-3-2-4-16(11-15)26(28)29/h2-8,11-12H,9-10H2,1H3,(H,23,27)(H2,22,30,31). The van der Waals surface area contributed by atoms with E-state index in [4.69, 9.17) is 5.14 Å². The molecule has 0 radical (unpaired) electrons. The Kier molecular flexibility index (Phi) is 5.97. The molecule has 12 heteroatoms. The second kappa shape index (κ2) is 8.73. The molecule has 0 saturated heterocycles. The van der Waals surface area contributed by atoms with Crippen molar-refractivity contribution in [3.63, 3.8) is 0 Å². The smallest absolute Gasteiger partial charge is 0.270 e. The first-order valence-electron chi connectivity index (χ1n) is 9.77. The molecule has 2 heterocycles. The van der Waals surface area contributed by atoms with E-state index in [1.165, 1.54) is 35.6 Å². The van der Waals surface area contributed by atoms with E-state index < -0.39 is 14.9 Å². The summed E-state index contributed by atoms with van der Waals surface area (Å²) in [5, 5.41) is 19.0. The zero-order valence-corrected chi connectivity index (χ0v) is 19.0. The van der Waals surface area contributed by atoms with Gasteiger partial charge in [-0.1, -0.05) is 35.6 Å². The van der Waals surface area contributed by atoms with Gasteiger partial charge in [0.15, 0.2) is 4.96 Å². The van der Waals surface area contributed by atoms with Crippen LogP contribution in [0.2, 0.25) is 0 Å². The van der Waals surface area contributed by atoms with Crippen molar-refractivity contribution in [1.29, 1.82) is 0 Å². The number of non-ortho nitro benzene ring substituents is 1. The number of nitrogens with two attached hydrogens (primary N) is 1. The topological polar surface area (TPSA) is 150 Å². The van der Waals surface area contributed by atoms with E-state index in [0.717, 1.165) is 5.56 Å². The number of hydrogen-bond acceptors (Lipinski definition) is 7. The summed E-state index contributed by atoms with van der Waals surface area (Å²) in [6, 6.07) is 12.4. The largest absolute Gasteiger partial charge is 0.351 e. The number of aromatic nitrogens is 2. The van der Waals surface area contributed by atoms with Crippen LogP contribution in [0.5, 0.6) is 0 Å². The Morgan fingerprint density at radius 3 is 2.61 bits per heavy atom. The minimum absolute atomic E-state index is 0.0139. The zero-order chi connectivity index (χ0) is 23.8. The first-order valence-corrected chi connectivity index (χ1v) is 12.1. The summed E-state index contributed by atoms with van der Waals surface area (Å²) in [6.07, 6.45) is 2.28. The summed E-state index contributed by atoms with van der Waals surface area (Å²) in [7, 11) is -3.74. The second-order valence-corrected chi connectivity index (χ2v) is 9.84. The highest BCUT2D eigenvalue weighted by Crippen LogP contribution is 2.28. The summed E-state index contributed by atoms with van der Waals surface area (Å²) in [5.74, 6) is -0.235. The van der Waals surface area contributed by atoms with Crippen molar-refractivity contribution in [2.75, 3.05) is 6.54 Å². The molecule has 0 aliphatic carbocycles. The lowest BCUT2D eigenvalue weighted by Gasteiger charge is -2.06. The molecule has 2 aromatic carbocycles. The van der Waals surface area contributed by atoms with Gasteiger partial charge >= 0.3 is 0 Å². The fraction of sp³-hybridized carbons (Fsp3) is 0.143. The van der Waals surface area contributed by atoms with Gasteiger partial charge in [0.25, 0.3) is 11.6 Å². The number of aryl methyl sites for hydroxylation is 1. The zero-order valence-electron chi connectivity index (χ0n) is 17.4. The van der Waals surface area contributed by atoms with Crippen molar-refractivity contribution in [2.45, 2.75) is 18.2 Å². The van der Waals surface area contributed by atoms with Gasteiger partial charge in [0.2, 0.25) is 10.0 Å². The van der Waals surface area contributed by atoms with Crippen LogP contribution < -0.4 is 10.5 Å². The predicted octanol–water partition coefficient (Wildman–Crippen LogP) is 2.90. The molecule has 0 aliphatic rings. The highest BCUT2D eigenvalue weighted by atomic mass is 32.2. The molecule has 0 fully saturated rings. The Balaban J connectivity index is 1.45.